The van der Waals surface area contributed by atoms with Gasteiger partial charge in [-0.25, -0.2) is 8.42 Å². The number of anilines is 1. The quantitative estimate of drug-likeness (QED) is 0.883. The molecule has 1 aromatic carbocycles. The van der Waals surface area contributed by atoms with Crippen LogP contribution in [0.5, 0.6) is 5.75 Å². The largest absolute Gasteiger partial charge is 0.476 e. The van der Waals surface area contributed by atoms with E-state index in [1.54, 1.807) is 43.3 Å². The Hall–Kier alpha value is -2.48. The molecule has 7 nitrogen and oxygen atoms in total. The fraction of sp³-hybridized carbons (Fsp3) is 0.312. The Balaban J connectivity index is 1.80. The maximum Gasteiger partial charge on any atom is 0.263 e. The number of fused-ring (bicyclic) bond motifs is 1. The third kappa shape index (κ3) is 3.23. The van der Waals surface area contributed by atoms with E-state index in [9.17, 15) is 13.2 Å². The van der Waals surface area contributed by atoms with E-state index in [1.807, 2.05) is 0 Å². The van der Waals surface area contributed by atoms with Gasteiger partial charge in [0.25, 0.3) is 5.91 Å². The van der Waals surface area contributed by atoms with Gasteiger partial charge in [-0.2, -0.15) is 0 Å². The zero-order chi connectivity index (χ0) is 17.2. The molecule has 1 aromatic heterocycles. The predicted molar refractivity (Wildman–Crippen MR) is 88.2 cm³/mol. The molecule has 0 spiro atoms. The van der Waals surface area contributed by atoms with Gasteiger partial charge in [0, 0.05) is 0 Å². The molecule has 128 valence electrons. The highest BCUT2D eigenvalue weighted by atomic mass is 32.2. The first-order valence-corrected chi connectivity index (χ1v) is 9.18. The topological polar surface area (TPSA) is 88.9 Å². The molecule has 1 atom stereocenters. The molecule has 0 aliphatic carbocycles. The zero-order valence-corrected chi connectivity index (χ0v) is 14.0. The van der Waals surface area contributed by atoms with Crippen LogP contribution in [0.4, 0.5) is 5.69 Å². The summed E-state index contributed by atoms with van der Waals surface area (Å²) in [7, 11) is -3.50. The van der Waals surface area contributed by atoms with Crippen LogP contribution in [0.25, 0.3) is 0 Å². The van der Waals surface area contributed by atoms with Crippen LogP contribution in [0.2, 0.25) is 0 Å². The summed E-state index contributed by atoms with van der Waals surface area (Å²) >= 11 is 0. The van der Waals surface area contributed by atoms with Gasteiger partial charge in [0.1, 0.15) is 11.5 Å². The van der Waals surface area contributed by atoms with Crippen molar-refractivity contribution in [2.75, 3.05) is 16.6 Å². The first-order valence-electron chi connectivity index (χ1n) is 7.57. The summed E-state index contributed by atoms with van der Waals surface area (Å²) in [5.41, 5.74) is 0.453. The van der Waals surface area contributed by atoms with Gasteiger partial charge in [-0.05, 0) is 31.2 Å². The van der Waals surface area contributed by atoms with Gasteiger partial charge >= 0.3 is 0 Å². The molecule has 0 unspecified atom stereocenters. The minimum Gasteiger partial charge on any atom is -0.476 e. The molecule has 1 N–H and O–H groups in total. The number of ether oxygens (including phenoxy) is 1. The van der Waals surface area contributed by atoms with Gasteiger partial charge in [-0.15, -0.1) is 0 Å². The molecule has 0 saturated heterocycles. The van der Waals surface area contributed by atoms with Crippen molar-refractivity contribution in [3.05, 3.63) is 48.4 Å². The summed E-state index contributed by atoms with van der Waals surface area (Å²) in [5, 5.41) is 2.70. The Morgan fingerprint density at radius 1 is 1.29 bits per heavy atom. The summed E-state index contributed by atoms with van der Waals surface area (Å²) < 4.78 is 36.8. The van der Waals surface area contributed by atoms with Crippen molar-refractivity contribution >= 4 is 21.6 Å². The molecule has 0 saturated carbocycles. The van der Waals surface area contributed by atoms with Crippen LogP contribution in [0, 0.1) is 0 Å². The zero-order valence-electron chi connectivity index (χ0n) is 13.1. The molecular weight excluding hydrogens is 332 g/mol. The van der Waals surface area contributed by atoms with Crippen molar-refractivity contribution in [2.24, 2.45) is 0 Å². The number of carbonyl (C=O) groups is 1. The Kier molecular flexibility index (Phi) is 4.48. The number of para-hydroxylation sites is 2. The maximum absolute atomic E-state index is 12.4. The van der Waals surface area contributed by atoms with E-state index in [0.29, 0.717) is 17.2 Å². The summed E-state index contributed by atoms with van der Waals surface area (Å²) in [6.45, 7) is 1.73. The SMILES string of the molecule is CCS(=O)(=O)N1C[C@@H](C(=O)NCc2ccco2)Oc2ccccc21. The predicted octanol–water partition coefficient (Wildman–Crippen LogP) is 1.51. The fourth-order valence-electron chi connectivity index (χ4n) is 2.46. The number of nitrogens with zero attached hydrogens (tertiary/aromatic N) is 1. The summed E-state index contributed by atoms with van der Waals surface area (Å²) in [4.78, 5) is 12.4. The number of furan rings is 1. The Bertz CT molecular complexity index is 817. The van der Waals surface area contributed by atoms with E-state index in [1.165, 1.54) is 10.6 Å². The maximum atomic E-state index is 12.4. The number of carbonyl (C=O) groups excluding carboxylic acids is 1. The number of sulfonamides is 1. The third-order valence-electron chi connectivity index (χ3n) is 3.74. The minimum absolute atomic E-state index is 0.0535. The van der Waals surface area contributed by atoms with Gasteiger partial charge in [-0.3, -0.25) is 9.10 Å². The van der Waals surface area contributed by atoms with Crippen LogP contribution in [0.3, 0.4) is 0 Å². The number of amides is 1. The second kappa shape index (κ2) is 6.56. The van der Waals surface area contributed by atoms with Gasteiger partial charge in [0.05, 0.1) is 30.8 Å². The van der Waals surface area contributed by atoms with E-state index < -0.39 is 22.0 Å². The van der Waals surface area contributed by atoms with Crippen LogP contribution in [-0.2, 0) is 21.4 Å². The lowest BCUT2D eigenvalue weighted by Gasteiger charge is -2.34. The van der Waals surface area contributed by atoms with Crippen molar-refractivity contribution in [1.29, 1.82) is 0 Å². The van der Waals surface area contributed by atoms with Crippen molar-refractivity contribution in [1.82, 2.24) is 5.32 Å². The molecule has 1 amide bonds. The van der Waals surface area contributed by atoms with Crippen molar-refractivity contribution < 1.29 is 22.4 Å². The molecule has 3 rings (SSSR count). The minimum atomic E-state index is -3.50. The molecular formula is C16H18N2O5S. The van der Waals surface area contributed by atoms with Crippen LogP contribution in [-0.4, -0.2) is 32.7 Å². The summed E-state index contributed by atoms with van der Waals surface area (Å²) in [5.74, 6) is 0.538. The van der Waals surface area contributed by atoms with Crippen molar-refractivity contribution in [3.63, 3.8) is 0 Å². The number of nitrogens with one attached hydrogen (secondary N) is 1. The first kappa shape index (κ1) is 16.4. The average Bonchev–Trinajstić information content (AvgIpc) is 3.12. The Morgan fingerprint density at radius 3 is 2.79 bits per heavy atom. The lowest BCUT2D eigenvalue weighted by Crippen LogP contribution is -2.50. The second-order valence-electron chi connectivity index (χ2n) is 5.30. The van der Waals surface area contributed by atoms with Crippen LogP contribution < -0.4 is 14.4 Å². The lowest BCUT2D eigenvalue weighted by molar-refractivity contribution is -0.128. The van der Waals surface area contributed by atoms with Gasteiger partial charge < -0.3 is 14.5 Å². The molecule has 0 bridgehead atoms. The van der Waals surface area contributed by atoms with E-state index in [4.69, 9.17) is 9.15 Å². The standard InChI is InChI=1S/C16H18N2O5S/c1-2-24(20,21)18-11-15(23-14-8-4-3-7-13(14)18)16(19)17-10-12-6-5-9-22-12/h3-9,15H,2,10-11H2,1H3,(H,17,19)/t15-/m0/s1. The van der Waals surface area contributed by atoms with Crippen molar-refractivity contribution in [3.8, 4) is 5.75 Å². The van der Waals surface area contributed by atoms with E-state index >= 15 is 0 Å². The number of rotatable bonds is 5. The normalized spacial score (nSPS) is 17.0. The monoisotopic (exact) mass is 350 g/mol. The lowest BCUT2D eigenvalue weighted by atomic mass is 10.2. The highest BCUT2D eigenvalue weighted by molar-refractivity contribution is 7.92. The molecule has 1 aliphatic rings. The molecule has 2 heterocycles. The average molecular weight is 350 g/mol. The molecule has 1 aliphatic heterocycles. The molecule has 0 fully saturated rings. The highest BCUT2D eigenvalue weighted by Gasteiger charge is 2.35. The third-order valence-corrected chi connectivity index (χ3v) is 5.49. The number of hydrogen-bond donors (Lipinski definition) is 1. The van der Waals surface area contributed by atoms with Gasteiger partial charge in [0.2, 0.25) is 10.0 Å². The fourth-order valence-corrected chi connectivity index (χ4v) is 3.58. The van der Waals surface area contributed by atoms with Crippen molar-refractivity contribution in [2.45, 2.75) is 19.6 Å². The summed E-state index contributed by atoms with van der Waals surface area (Å²) in [6, 6.07) is 10.3. The molecule has 8 heteroatoms. The van der Waals surface area contributed by atoms with Crippen LogP contribution in [0.15, 0.2) is 47.1 Å². The Labute approximate surface area is 140 Å². The smallest absolute Gasteiger partial charge is 0.263 e. The van der Waals surface area contributed by atoms with Crippen LogP contribution in [0.1, 0.15) is 12.7 Å². The molecule has 24 heavy (non-hydrogen) atoms. The molecule has 2 aromatic rings. The number of benzene rings is 1. The van der Waals surface area contributed by atoms with E-state index in [0.717, 1.165) is 0 Å². The number of hydrogen-bond acceptors (Lipinski definition) is 5. The second-order valence-corrected chi connectivity index (χ2v) is 7.49. The highest BCUT2D eigenvalue weighted by Crippen LogP contribution is 2.35. The van der Waals surface area contributed by atoms with Gasteiger partial charge in [0.15, 0.2) is 6.10 Å². The van der Waals surface area contributed by atoms with Crippen LogP contribution >= 0.6 is 0 Å². The first-order chi connectivity index (χ1) is 11.5. The van der Waals surface area contributed by atoms with E-state index in [2.05, 4.69) is 5.32 Å². The molecule has 0 radical (unpaired) electrons. The van der Waals surface area contributed by atoms with Gasteiger partial charge in [-0.1, -0.05) is 12.1 Å². The summed E-state index contributed by atoms with van der Waals surface area (Å²) in [6.07, 6.45) is 0.598. The Morgan fingerprint density at radius 2 is 2.08 bits per heavy atom. The van der Waals surface area contributed by atoms with E-state index in [-0.39, 0.29) is 18.8 Å².